The molecule has 13 amide bonds. The highest BCUT2D eigenvalue weighted by molar-refractivity contribution is 7.98. The minimum atomic E-state index is -1.79. The molecule has 0 radical (unpaired) electrons. The highest BCUT2D eigenvalue weighted by Gasteiger charge is 2.39. The zero-order valence-electron chi connectivity index (χ0n) is 77.6. The first-order valence-electron chi connectivity index (χ1n) is 45.5. The Bertz CT molecular complexity index is 4160. The number of aromatic hydroxyl groups is 1. The van der Waals surface area contributed by atoms with Crippen LogP contribution in [-0.2, 0) is 86.4 Å². The summed E-state index contributed by atoms with van der Waals surface area (Å²) >= 11 is 1.31. The number of carboxylic acid groups (broad SMARTS) is 1. The molecule has 44 heteroatoms. The topological polar surface area (TPSA) is 746 Å². The van der Waals surface area contributed by atoms with Crippen LogP contribution in [0.4, 0.5) is 0 Å². The maximum Gasteiger partial charge on any atom is 0.326 e. The fourth-order valence-corrected chi connectivity index (χ4v) is 14.6. The van der Waals surface area contributed by atoms with Crippen LogP contribution in [0.25, 0.3) is 0 Å². The van der Waals surface area contributed by atoms with Crippen LogP contribution in [0.3, 0.4) is 0 Å². The minimum Gasteiger partial charge on any atom is -0.508 e. The summed E-state index contributed by atoms with van der Waals surface area (Å²) < 4.78 is 0. The molecule has 0 aliphatic heterocycles. The summed E-state index contributed by atoms with van der Waals surface area (Å²) in [6.07, 6.45) is 3.97. The van der Waals surface area contributed by atoms with Crippen LogP contribution in [-0.4, -0.2) is 258 Å². The number of carbonyl (C=O) groups excluding carboxylic acids is 13. The number of aliphatic hydroxyl groups is 1. The standard InChI is InChI=1S/C89H148N26O17S/c1-52(2)45-66(110-77(122)64(32-22-43-102-89(98)99)106-75(120)63(31-21-42-101-88(96)97)107-83(128)69(48-55-23-10-8-11-24-55)112-81(126)67(46-53(3)4)109-76(121)62(30-20-41-100-87(94)95)103-73(118)59(93)27-14-17-38-90)80(125)111-68(47-54(5)6)82(127)113-70(49-56-25-12-9-13-26-56)84(129)115-72(51-116)85(130)108-65(37-44-133-7)79(124)105-60(28-15-18-39-91)74(119)104-61(29-16-19-40-92)78(123)114-71(86(131)132)50-57-33-35-58(117)36-34-57/h8-13,23-26,33-36,52-54,59-72,116-117H,14-22,27-32,37-51,90-93H2,1-7H3,(H,103,118)(H,104,119)(H,105,124)(H,106,120)(H,107,128)(H,108,130)(H,109,121)(H,110,122)(H,111,125)(H,112,126)(H,113,127)(H,114,123)(H,115,129)(H,131,132)(H4,94,95,100)(H4,96,97,101)(H4,98,99,102)/t59-,60-,61-,62-,63-,64-,65-,66-,67-,68-,69-,70-,71-,72-/m0/s1. The van der Waals surface area contributed by atoms with Crippen molar-refractivity contribution in [3.05, 3.63) is 102 Å². The van der Waals surface area contributed by atoms with E-state index in [4.69, 9.17) is 56.4 Å². The number of amides is 13. The molecule has 133 heavy (non-hydrogen) atoms. The third kappa shape index (κ3) is 47.3. The molecule has 36 N–H and O–H groups in total. The zero-order valence-corrected chi connectivity index (χ0v) is 78.4. The Morgan fingerprint density at radius 1 is 0.323 bits per heavy atom. The fraction of sp³-hybridized carbons (Fsp3) is 0.607. The van der Waals surface area contributed by atoms with Gasteiger partial charge >= 0.3 is 5.97 Å². The molecule has 0 bridgehead atoms. The molecule has 0 aliphatic carbocycles. The van der Waals surface area contributed by atoms with Crippen molar-refractivity contribution < 1.29 is 82.4 Å². The van der Waals surface area contributed by atoms with Gasteiger partial charge in [-0.3, -0.25) is 78.6 Å². The summed E-state index contributed by atoms with van der Waals surface area (Å²) in [7, 11) is 0. The second-order valence-corrected chi connectivity index (χ2v) is 35.1. The Morgan fingerprint density at radius 2 is 0.571 bits per heavy atom. The van der Waals surface area contributed by atoms with Gasteiger partial charge in [0.2, 0.25) is 76.8 Å². The van der Waals surface area contributed by atoms with Crippen LogP contribution in [0.1, 0.15) is 180 Å². The minimum absolute atomic E-state index is 0.0101. The molecule has 0 aromatic heterocycles. The van der Waals surface area contributed by atoms with E-state index >= 15 is 19.2 Å². The molecule has 0 fully saturated rings. The Hall–Kier alpha value is -12.0. The van der Waals surface area contributed by atoms with Crippen LogP contribution in [0.15, 0.2) is 84.9 Å². The summed E-state index contributed by atoms with van der Waals surface area (Å²) in [6.45, 7) is 10.6. The lowest BCUT2D eigenvalue weighted by Gasteiger charge is -2.29. The third-order valence-electron chi connectivity index (χ3n) is 21.2. The molecule has 0 saturated heterocycles. The van der Waals surface area contributed by atoms with Crippen molar-refractivity contribution in [3.8, 4) is 5.75 Å². The van der Waals surface area contributed by atoms with E-state index in [0.29, 0.717) is 61.8 Å². The number of benzene rings is 3. The van der Waals surface area contributed by atoms with E-state index in [-0.39, 0.29) is 171 Å². The van der Waals surface area contributed by atoms with Gasteiger partial charge in [0.15, 0.2) is 17.9 Å². The molecule has 0 saturated carbocycles. The first-order chi connectivity index (χ1) is 63.2. The van der Waals surface area contributed by atoms with Crippen molar-refractivity contribution in [2.45, 2.75) is 267 Å². The average Bonchev–Trinajstić information content (AvgIpc) is 0.846. The predicted molar refractivity (Wildman–Crippen MR) is 507 cm³/mol. The largest absolute Gasteiger partial charge is 0.508 e. The van der Waals surface area contributed by atoms with Gasteiger partial charge in [-0.2, -0.15) is 11.8 Å². The highest BCUT2D eigenvalue weighted by Crippen LogP contribution is 2.19. The molecule has 3 aromatic rings. The number of aliphatic hydroxyl groups excluding tert-OH is 1. The molecule has 0 heterocycles. The van der Waals surface area contributed by atoms with Crippen LogP contribution in [0.5, 0.6) is 5.75 Å². The van der Waals surface area contributed by atoms with Crippen LogP contribution in [0, 0.1) is 34.0 Å². The number of thioether (sulfide) groups is 1. The molecule has 3 aromatic carbocycles. The van der Waals surface area contributed by atoms with Crippen molar-refractivity contribution in [2.24, 2.45) is 57.9 Å². The van der Waals surface area contributed by atoms with Gasteiger partial charge in [0.25, 0.3) is 0 Å². The smallest absolute Gasteiger partial charge is 0.326 e. The molecule has 43 nitrogen and oxygen atoms in total. The predicted octanol–water partition coefficient (Wildman–Crippen LogP) is -2.81. The summed E-state index contributed by atoms with van der Waals surface area (Å²) in [5.41, 5.74) is 41.8. The maximum absolute atomic E-state index is 15.1. The average molecular weight is 1890 g/mol. The van der Waals surface area contributed by atoms with Crippen molar-refractivity contribution in [1.82, 2.24) is 85.1 Å². The summed E-state index contributed by atoms with van der Waals surface area (Å²) in [4.78, 5) is 202. The van der Waals surface area contributed by atoms with Gasteiger partial charge in [0, 0.05) is 38.9 Å². The highest BCUT2D eigenvalue weighted by atomic mass is 32.2. The molecule has 14 atom stereocenters. The Labute approximate surface area is 782 Å². The third-order valence-corrected chi connectivity index (χ3v) is 21.9. The monoisotopic (exact) mass is 1890 g/mol. The fourth-order valence-electron chi connectivity index (χ4n) is 14.1. The summed E-state index contributed by atoms with van der Waals surface area (Å²) in [5, 5.41) is 97.0. The van der Waals surface area contributed by atoms with Gasteiger partial charge in [0.05, 0.1) is 12.6 Å². The van der Waals surface area contributed by atoms with Gasteiger partial charge < -0.3 is 141 Å². The lowest BCUT2D eigenvalue weighted by Crippen LogP contribution is -2.61. The van der Waals surface area contributed by atoms with Gasteiger partial charge in [-0.15, -0.1) is 0 Å². The molecular formula is C89H148N26O17S. The number of hydrogen-bond donors (Lipinski definition) is 29. The quantitative estimate of drug-likeness (QED) is 0.0154. The second kappa shape index (κ2) is 64.0. The number of unbranched alkanes of at least 4 members (excludes halogenated alkanes) is 3. The number of carbonyl (C=O) groups is 14. The van der Waals surface area contributed by atoms with E-state index in [1.165, 1.54) is 36.0 Å². The molecule has 0 unspecified atom stereocenters. The maximum atomic E-state index is 15.1. The van der Waals surface area contributed by atoms with Crippen molar-refractivity contribution in [2.75, 3.05) is 57.9 Å². The molecule has 0 spiro atoms. The van der Waals surface area contributed by atoms with Gasteiger partial charge in [-0.1, -0.05) is 121 Å². The number of nitrogens with one attached hydrogen (secondary N) is 19. The van der Waals surface area contributed by atoms with Crippen molar-refractivity contribution in [3.63, 3.8) is 0 Å². The zero-order chi connectivity index (χ0) is 99.1. The molecule has 742 valence electrons. The number of phenolic OH excluding ortho intramolecular Hbond substituents is 1. The summed E-state index contributed by atoms with van der Waals surface area (Å²) in [6, 6.07) is 2.82. The van der Waals surface area contributed by atoms with Crippen molar-refractivity contribution >= 4 is 112 Å². The van der Waals surface area contributed by atoms with E-state index in [9.17, 15) is 63.3 Å². The Morgan fingerprint density at radius 3 is 0.872 bits per heavy atom. The lowest BCUT2D eigenvalue weighted by atomic mass is 9.98. The number of carboxylic acids is 1. The van der Waals surface area contributed by atoms with Crippen LogP contribution in [0.2, 0.25) is 0 Å². The Balaban J connectivity index is 2.04. The normalized spacial score (nSPS) is 14.3. The first kappa shape index (κ1) is 115. The van der Waals surface area contributed by atoms with E-state index in [2.05, 4.69) is 85.1 Å². The Kier molecular flexibility index (Phi) is 55.4. The second-order valence-electron chi connectivity index (χ2n) is 34.1. The SMILES string of the molecule is CSCC[C@H](NC(=O)[C@H](CO)NC(=O)[C@H](Cc1ccccc1)NC(=O)[C@H](CC(C)C)NC(=O)[C@H](CC(C)C)NC(=O)[C@H](CCCNC(=N)N)NC(=O)[C@H](CCCNC(=N)N)NC(=O)[C@H](Cc1ccccc1)NC(=O)[C@H](CC(C)C)NC(=O)[C@H](CCCNC(=N)N)NC(=O)[C@@H](N)CCCCN)C(=O)N[C@@H](CCCCN)C(=O)N[C@@H](CCCCN)C(=O)N[C@@H](Cc1ccc(O)cc1)C(=O)O. The molecule has 3 rings (SSSR count). The van der Waals surface area contributed by atoms with Gasteiger partial charge in [-0.05, 0) is 194 Å². The number of nitrogens with two attached hydrogens (primary N) is 7. The number of guanidine groups is 3. The van der Waals surface area contributed by atoms with Gasteiger partial charge in [-0.25, -0.2) is 4.79 Å². The number of phenols is 1. The van der Waals surface area contributed by atoms with E-state index in [1.54, 1.807) is 108 Å². The van der Waals surface area contributed by atoms with E-state index in [1.807, 2.05) is 0 Å². The number of aliphatic carboxylic acids is 1. The number of hydrogen-bond acceptors (Lipinski definition) is 24. The van der Waals surface area contributed by atoms with E-state index < -0.39 is 186 Å². The van der Waals surface area contributed by atoms with Crippen molar-refractivity contribution in [1.29, 1.82) is 16.2 Å². The van der Waals surface area contributed by atoms with Gasteiger partial charge in [0.1, 0.15) is 84.3 Å². The number of rotatable bonds is 67. The molecule has 0 aliphatic rings. The van der Waals surface area contributed by atoms with Crippen LogP contribution < -0.4 is 125 Å². The lowest BCUT2D eigenvalue weighted by molar-refractivity contribution is -0.142. The van der Waals surface area contributed by atoms with Crippen LogP contribution >= 0.6 is 11.8 Å². The summed E-state index contributed by atoms with van der Waals surface area (Å²) in [5.74, 6) is -14.5. The van der Waals surface area contributed by atoms with E-state index in [0.717, 1.165) is 0 Å². The molecular weight excluding hydrogens is 1740 g/mol. The first-order valence-corrected chi connectivity index (χ1v) is 46.8.